The molecule has 9 nitrogen and oxygen atoms in total. The molecule has 4 atom stereocenters. The summed E-state index contributed by atoms with van der Waals surface area (Å²) in [5.74, 6) is -0.298. The molecule has 0 radical (unpaired) electrons. The van der Waals surface area contributed by atoms with Gasteiger partial charge in [0, 0.05) is 23.1 Å². The van der Waals surface area contributed by atoms with Gasteiger partial charge >= 0.3 is 0 Å². The molecule has 2 saturated heterocycles. The molecule has 4 unspecified atom stereocenters. The number of aromatic nitrogens is 2. The number of likely N-dealkylation sites (tertiary alicyclic amines) is 1. The molecule has 0 bridgehead atoms. The summed E-state index contributed by atoms with van der Waals surface area (Å²) in [6.07, 6.45) is 5.97. The van der Waals surface area contributed by atoms with Gasteiger partial charge in [-0.1, -0.05) is 19.3 Å². The first-order valence-corrected chi connectivity index (χ1v) is 13.1. The Balaban J connectivity index is 1.36. The summed E-state index contributed by atoms with van der Waals surface area (Å²) in [6, 6.07) is 3.94. The molecule has 0 spiro atoms. The quantitative estimate of drug-likeness (QED) is 0.585. The molecule has 5 rings (SSSR count). The number of fused-ring (bicyclic) bond motifs is 1. The molecule has 1 saturated carbocycles. The molecule has 2 amide bonds. The van der Waals surface area contributed by atoms with Crippen molar-refractivity contribution < 1.29 is 23.9 Å². The van der Waals surface area contributed by atoms with Crippen molar-refractivity contribution in [1.82, 2.24) is 20.4 Å². The Hall–Kier alpha value is -2.56. The monoisotopic (exact) mass is 518 g/mol. The average Bonchev–Trinajstić information content (AvgIpc) is 3.61. The first-order valence-electron chi connectivity index (χ1n) is 11.8. The van der Waals surface area contributed by atoms with E-state index in [1.165, 1.54) is 23.3 Å². The molecular weight excluding hydrogens is 492 g/mol. The lowest BCUT2D eigenvalue weighted by Crippen LogP contribution is -2.55. The third-order valence-corrected chi connectivity index (χ3v) is 8.55. The van der Waals surface area contributed by atoms with E-state index in [-0.39, 0.29) is 36.7 Å². The number of hydrogen-bond donors (Lipinski definition) is 1. The number of ketones is 1. The predicted octanol–water partition coefficient (Wildman–Crippen LogP) is 2.68. The highest BCUT2D eigenvalue weighted by Gasteiger charge is 2.53. The van der Waals surface area contributed by atoms with Gasteiger partial charge in [0.15, 0.2) is 5.78 Å². The van der Waals surface area contributed by atoms with Crippen LogP contribution in [0.1, 0.15) is 41.8 Å². The number of rotatable bonds is 6. The largest absolute Gasteiger partial charge is 0.480 e. The van der Waals surface area contributed by atoms with Crippen molar-refractivity contribution in [3.05, 3.63) is 29.3 Å². The molecule has 1 N–H and O–H groups in total. The van der Waals surface area contributed by atoms with Crippen LogP contribution in [-0.4, -0.2) is 76.5 Å². The molecule has 35 heavy (non-hydrogen) atoms. The second-order valence-corrected chi connectivity index (χ2v) is 10.8. The normalized spacial score (nSPS) is 25.4. The fourth-order valence-corrected chi connectivity index (χ4v) is 6.51. The fraction of sp³-hybridized carbons (Fsp3) is 0.542. The van der Waals surface area contributed by atoms with Gasteiger partial charge in [0.1, 0.15) is 24.8 Å². The lowest BCUT2D eigenvalue weighted by Gasteiger charge is -2.34. The van der Waals surface area contributed by atoms with E-state index in [2.05, 4.69) is 15.5 Å². The van der Waals surface area contributed by atoms with Gasteiger partial charge in [-0.25, -0.2) is 0 Å². The lowest BCUT2D eigenvalue weighted by molar-refractivity contribution is -0.139. The van der Waals surface area contributed by atoms with Crippen molar-refractivity contribution >= 4 is 40.5 Å². The van der Waals surface area contributed by atoms with Crippen molar-refractivity contribution in [1.29, 1.82) is 0 Å². The highest BCUT2D eigenvalue weighted by molar-refractivity contribution is 7.17. The van der Waals surface area contributed by atoms with Gasteiger partial charge in [-0.15, -0.1) is 28.0 Å². The zero-order valence-electron chi connectivity index (χ0n) is 19.3. The standard InChI is InChI=1S/C24H27ClN4O5S/c1-33-19-9-14(10-26-28-19)17-7-8-18(35-17)23(31)27-20(13-5-3-2-4-6-13)24(32)29-11-15(25)22-21(29)16(30)12-34-22/h7-10,13,15,20-22H,2-6,11-12H2,1H3,(H,27,31). The molecule has 4 heterocycles. The minimum absolute atomic E-state index is 0.0125. The van der Waals surface area contributed by atoms with E-state index < -0.39 is 23.6 Å². The van der Waals surface area contributed by atoms with Gasteiger partial charge in [0.2, 0.25) is 11.8 Å². The van der Waals surface area contributed by atoms with Crippen LogP contribution in [0.25, 0.3) is 10.4 Å². The van der Waals surface area contributed by atoms with E-state index in [9.17, 15) is 14.4 Å². The summed E-state index contributed by atoms with van der Waals surface area (Å²) in [4.78, 5) is 42.4. The number of hydrogen-bond acceptors (Lipinski definition) is 8. The SMILES string of the molecule is COc1cc(-c2ccc(C(=O)NC(C(=O)N3CC(Cl)C4OCC(=O)C43)C3CCCCC3)s2)cnn1. The summed E-state index contributed by atoms with van der Waals surface area (Å²) in [5, 5.41) is 10.4. The van der Waals surface area contributed by atoms with Gasteiger partial charge in [-0.3, -0.25) is 14.4 Å². The van der Waals surface area contributed by atoms with Gasteiger partial charge in [-0.05, 0) is 30.9 Å². The van der Waals surface area contributed by atoms with Gasteiger partial charge < -0.3 is 19.7 Å². The van der Waals surface area contributed by atoms with E-state index in [0.29, 0.717) is 10.8 Å². The summed E-state index contributed by atoms with van der Waals surface area (Å²) in [7, 11) is 1.52. The molecule has 0 aromatic carbocycles. The molecule has 2 aliphatic heterocycles. The first-order chi connectivity index (χ1) is 17.0. The number of carbonyl (C=O) groups is 3. The third kappa shape index (κ3) is 4.79. The van der Waals surface area contributed by atoms with Gasteiger partial charge in [-0.2, -0.15) is 5.10 Å². The van der Waals surface area contributed by atoms with Crippen LogP contribution in [0.2, 0.25) is 0 Å². The fourth-order valence-electron chi connectivity index (χ4n) is 5.26. The number of ether oxygens (including phenoxy) is 2. The van der Waals surface area contributed by atoms with Crippen molar-refractivity contribution in [3.8, 4) is 16.3 Å². The predicted molar refractivity (Wildman–Crippen MR) is 130 cm³/mol. The van der Waals surface area contributed by atoms with Crippen LogP contribution >= 0.6 is 22.9 Å². The summed E-state index contributed by atoms with van der Waals surface area (Å²) in [6.45, 7) is 0.204. The van der Waals surface area contributed by atoms with Crippen LogP contribution in [-0.2, 0) is 14.3 Å². The maximum absolute atomic E-state index is 13.8. The Morgan fingerprint density at radius 3 is 2.86 bits per heavy atom. The second-order valence-electron chi connectivity index (χ2n) is 9.19. The number of thiophene rings is 1. The number of methoxy groups -OCH3 is 1. The molecular formula is C24H27ClN4O5S. The summed E-state index contributed by atoms with van der Waals surface area (Å²) >= 11 is 7.72. The number of nitrogens with zero attached hydrogens (tertiary/aromatic N) is 3. The maximum Gasteiger partial charge on any atom is 0.262 e. The minimum Gasteiger partial charge on any atom is -0.480 e. The number of Topliss-reactive ketones (excluding diaryl/α,β-unsaturated/α-hetero) is 1. The van der Waals surface area contributed by atoms with E-state index in [1.54, 1.807) is 18.3 Å². The molecule has 11 heteroatoms. The minimum atomic E-state index is -0.716. The Bertz CT molecular complexity index is 1120. The molecule has 3 aliphatic rings. The smallest absolute Gasteiger partial charge is 0.262 e. The Morgan fingerprint density at radius 2 is 2.09 bits per heavy atom. The van der Waals surface area contributed by atoms with E-state index in [0.717, 1.165) is 42.5 Å². The molecule has 186 valence electrons. The number of nitrogens with one attached hydrogen (secondary N) is 1. The first kappa shape index (κ1) is 24.1. The maximum atomic E-state index is 13.8. The summed E-state index contributed by atoms with van der Waals surface area (Å²) in [5.41, 5.74) is 0.789. The number of amides is 2. The van der Waals surface area contributed by atoms with Crippen LogP contribution in [0.4, 0.5) is 0 Å². The number of carbonyl (C=O) groups excluding carboxylic acids is 3. The number of alkyl halides is 1. The van der Waals surface area contributed by atoms with Crippen LogP contribution in [0.3, 0.4) is 0 Å². The zero-order chi connectivity index (χ0) is 24.5. The van der Waals surface area contributed by atoms with Crippen LogP contribution in [0.5, 0.6) is 5.88 Å². The lowest BCUT2D eigenvalue weighted by atomic mass is 9.83. The Labute approximate surface area is 212 Å². The summed E-state index contributed by atoms with van der Waals surface area (Å²) < 4.78 is 10.7. The second kappa shape index (κ2) is 10.2. The van der Waals surface area contributed by atoms with Gasteiger partial charge in [0.25, 0.3) is 5.91 Å². The van der Waals surface area contributed by atoms with Crippen LogP contribution < -0.4 is 10.1 Å². The van der Waals surface area contributed by atoms with Crippen molar-refractivity contribution in [2.75, 3.05) is 20.3 Å². The number of halogens is 1. The van der Waals surface area contributed by atoms with E-state index in [1.807, 2.05) is 6.07 Å². The highest BCUT2D eigenvalue weighted by Crippen LogP contribution is 2.34. The van der Waals surface area contributed by atoms with Crippen LogP contribution in [0, 0.1) is 5.92 Å². The third-order valence-electron chi connectivity index (χ3n) is 7.03. The molecule has 3 fully saturated rings. The highest BCUT2D eigenvalue weighted by atomic mass is 35.5. The van der Waals surface area contributed by atoms with Crippen molar-refractivity contribution in [2.24, 2.45) is 5.92 Å². The van der Waals surface area contributed by atoms with Crippen molar-refractivity contribution in [2.45, 2.75) is 55.7 Å². The molecule has 2 aromatic heterocycles. The molecule has 2 aromatic rings. The van der Waals surface area contributed by atoms with E-state index in [4.69, 9.17) is 21.1 Å². The Morgan fingerprint density at radius 1 is 1.29 bits per heavy atom. The van der Waals surface area contributed by atoms with Crippen molar-refractivity contribution in [3.63, 3.8) is 0 Å². The average molecular weight is 519 g/mol. The van der Waals surface area contributed by atoms with E-state index >= 15 is 0 Å². The molecule has 1 aliphatic carbocycles. The zero-order valence-corrected chi connectivity index (χ0v) is 20.9. The topological polar surface area (TPSA) is 111 Å². The van der Waals surface area contributed by atoms with Crippen LogP contribution in [0.15, 0.2) is 24.4 Å². The Kier molecular flexibility index (Phi) is 7.04. The van der Waals surface area contributed by atoms with Gasteiger partial charge in [0.05, 0.1) is 23.6 Å².